The van der Waals surface area contributed by atoms with Crippen LogP contribution in [0.4, 0.5) is 22.0 Å². The Bertz CT molecular complexity index is 470. The molecule has 2 N–H and O–H groups in total. The van der Waals surface area contributed by atoms with Gasteiger partial charge in [-0.2, -0.15) is 13.2 Å². The summed E-state index contributed by atoms with van der Waals surface area (Å²) in [5.41, 5.74) is 5.64. The van der Waals surface area contributed by atoms with E-state index in [1.165, 1.54) is 17.0 Å². The quantitative estimate of drug-likeness (QED) is 0.846. The maximum absolute atomic E-state index is 13.6. The standard InChI is InChI=1S/C13H15F5N2/c14-10-3-1-2-9(12(10)15)11(19)6-20(8-4-5-8)7-13(16,17)18/h1-3,8,11H,4-7,19H2. The van der Waals surface area contributed by atoms with Crippen LogP contribution in [-0.4, -0.2) is 30.2 Å². The molecule has 0 aromatic heterocycles. The van der Waals surface area contributed by atoms with Gasteiger partial charge in [-0.05, 0) is 18.9 Å². The predicted molar refractivity (Wildman–Crippen MR) is 63.9 cm³/mol. The van der Waals surface area contributed by atoms with Crippen molar-refractivity contribution in [2.75, 3.05) is 13.1 Å². The number of nitrogens with zero attached hydrogens (tertiary/aromatic N) is 1. The van der Waals surface area contributed by atoms with E-state index in [4.69, 9.17) is 5.73 Å². The molecule has 0 heterocycles. The van der Waals surface area contributed by atoms with E-state index < -0.39 is 30.4 Å². The van der Waals surface area contributed by atoms with Gasteiger partial charge in [0.1, 0.15) is 0 Å². The lowest BCUT2D eigenvalue weighted by molar-refractivity contribution is -0.147. The van der Waals surface area contributed by atoms with Crippen LogP contribution in [0.3, 0.4) is 0 Å². The third kappa shape index (κ3) is 3.89. The molecular weight excluding hydrogens is 279 g/mol. The summed E-state index contributed by atoms with van der Waals surface area (Å²) >= 11 is 0. The molecule has 2 rings (SSSR count). The first-order valence-electron chi connectivity index (χ1n) is 6.28. The summed E-state index contributed by atoms with van der Waals surface area (Å²) in [5, 5.41) is 0. The third-order valence-electron chi connectivity index (χ3n) is 3.26. The summed E-state index contributed by atoms with van der Waals surface area (Å²) < 4.78 is 64.1. The summed E-state index contributed by atoms with van der Waals surface area (Å²) in [6.45, 7) is -1.23. The Labute approximate surface area is 113 Å². The molecule has 1 atom stereocenters. The number of hydrogen-bond donors (Lipinski definition) is 1. The molecule has 20 heavy (non-hydrogen) atoms. The number of nitrogens with two attached hydrogens (primary N) is 1. The topological polar surface area (TPSA) is 29.3 Å². The van der Waals surface area contributed by atoms with E-state index in [1.54, 1.807) is 0 Å². The van der Waals surface area contributed by atoms with Crippen molar-refractivity contribution in [3.63, 3.8) is 0 Å². The monoisotopic (exact) mass is 294 g/mol. The zero-order valence-corrected chi connectivity index (χ0v) is 10.6. The summed E-state index contributed by atoms with van der Waals surface area (Å²) in [4.78, 5) is 1.19. The Morgan fingerprint density at radius 3 is 2.45 bits per heavy atom. The van der Waals surface area contributed by atoms with Gasteiger partial charge in [-0.3, -0.25) is 4.90 Å². The fraction of sp³-hybridized carbons (Fsp3) is 0.538. The molecule has 0 aliphatic heterocycles. The molecule has 1 aliphatic rings. The van der Waals surface area contributed by atoms with Crippen LogP contribution in [0.1, 0.15) is 24.4 Å². The maximum Gasteiger partial charge on any atom is 0.401 e. The van der Waals surface area contributed by atoms with Crippen molar-refractivity contribution in [1.29, 1.82) is 0 Å². The SMILES string of the molecule is NC(CN(CC(F)(F)F)C1CC1)c1cccc(F)c1F. The highest BCUT2D eigenvalue weighted by Gasteiger charge is 2.38. The van der Waals surface area contributed by atoms with Crippen molar-refractivity contribution in [1.82, 2.24) is 4.90 Å². The minimum atomic E-state index is -4.33. The second kappa shape index (κ2) is 5.65. The first-order valence-corrected chi connectivity index (χ1v) is 6.28. The van der Waals surface area contributed by atoms with E-state index in [-0.39, 0.29) is 18.2 Å². The van der Waals surface area contributed by atoms with Crippen LogP contribution in [0.25, 0.3) is 0 Å². The van der Waals surface area contributed by atoms with Crippen molar-refractivity contribution in [2.24, 2.45) is 5.73 Å². The summed E-state index contributed by atoms with van der Waals surface area (Å²) in [6.07, 6.45) is -2.98. The molecule has 1 fully saturated rings. The molecule has 1 aromatic rings. The molecule has 0 spiro atoms. The van der Waals surface area contributed by atoms with Crippen molar-refractivity contribution in [3.05, 3.63) is 35.4 Å². The molecule has 0 saturated heterocycles. The highest BCUT2D eigenvalue weighted by atomic mass is 19.4. The van der Waals surface area contributed by atoms with Crippen LogP contribution >= 0.6 is 0 Å². The van der Waals surface area contributed by atoms with Gasteiger partial charge in [0.05, 0.1) is 6.54 Å². The highest BCUT2D eigenvalue weighted by molar-refractivity contribution is 5.22. The molecule has 2 nitrogen and oxygen atoms in total. The minimum Gasteiger partial charge on any atom is -0.323 e. The molecule has 0 amide bonds. The number of benzene rings is 1. The van der Waals surface area contributed by atoms with Crippen LogP contribution in [0, 0.1) is 11.6 Å². The summed E-state index contributed by atoms with van der Waals surface area (Å²) in [7, 11) is 0. The van der Waals surface area contributed by atoms with Gasteiger partial charge >= 0.3 is 6.18 Å². The van der Waals surface area contributed by atoms with E-state index in [2.05, 4.69) is 0 Å². The van der Waals surface area contributed by atoms with E-state index >= 15 is 0 Å². The maximum atomic E-state index is 13.6. The Kier molecular flexibility index (Phi) is 4.29. The fourth-order valence-corrected chi connectivity index (χ4v) is 2.17. The number of halogens is 5. The van der Waals surface area contributed by atoms with E-state index in [9.17, 15) is 22.0 Å². The van der Waals surface area contributed by atoms with Crippen molar-refractivity contribution in [3.8, 4) is 0 Å². The fourth-order valence-electron chi connectivity index (χ4n) is 2.17. The predicted octanol–water partition coefficient (Wildman–Crippen LogP) is 2.99. The van der Waals surface area contributed by atoms with Crippen molar-refractivity contribution < 1.29 is 22.0 Å². The van der Waals surface area contributed by atoms with Crippen LogP contribution in [0.2, 0.25) is 0 Å². The van der Waals surface area contributed by atoms with Crippen molar-refractivity contribution in [2.45, 2.75) is 31.1 Å². The second-order valence-electron chi connectivity index (χ2n) is 5.03. The van der Waals surface area contributed by atoms with Gasteiger partial charge in [-0.25, -0.2) is 8.78 Å². The Balaban J connectivity index is 2.08. The molecule has 0 bridgehead atoms. The molecule has 1 aromatic carbocycles. The van der Waals surface area contributed by atoms with E-state index in [0.29, 0.717) is 12.8 Å². The van der Waals surface area contributed by atoms with Crippen molar-refractivity contribution >= 4 is 0 Å². The number of hydrogen-bond acceptors (Lipinski definition) is 2. The van der Waals surface area contributed by atoms with E-state index in [0.717, 1.165) is 6.07 Å². The molecule has 7 heteroatoms. The molecule has 112 valence electrons. The Hall–Kier alpha value is -1.21. The van der Waals surface area contributed by atoms with Crippen LogP contribution in [0.5, 0.6) is 0 Å². The molecule has 0 radical (unpaired) electrons. The lowest BCUT2D eigenvalue weighted by Gasteiger charge is -2.26. The van der Waals surface area contributed by atoms with Gasteiger partial charge in [0.2, 0.25) is 0 Å². The highest BCUT2D eigenvalue weighted by Crippen LogP contribution is 2.31. The summed E-state index contributed by atoms with van der Waals surface area (Å²) in [5.74, 6) is -2.14. The summed E-state index contributed by atoms with van der Waals surface area (Å²) in [6, 6.07) is 2.37. The zero-order chi connectivity index (χ0) is 14.9. The second-order valence-corrected chi connectivity index (χ2v) is 5.03. The van der Waals surface area contributed by atoms with Crippen LogP contribution < -0.4 is 5.73 Å². The smallest absolute Gasteiger partial charge is 0.323 e. The molecule has 1 aliphatic carbocycles. The average molecular weight is 294 g/mol. The molecule has 1 saturated carbocycles. The number of alkyl halides is 3. The van der Waals surface area contributed by atoms with Gasteiger partial charge in [0, 0.05) is 24.2 Å². The van der Waals surface area contributed by atoms with Gasteiger partial charge in [-0.1, -0.05) is 12.1 Å². The average Bonchev–Trinajstić information content (AvgIpc) is 3.14. The van der Waals surface area contributed by atoms with Gasteiger partial charge in [-0.15, -0.1) is 0 Å². The third-order valence-corrected chi connectivity index (χ3v) is 3.26. The molecule has 1 unspecified atom stereocenters. The van der Waals surface area contributed by atoms with E-state index in [1.807, 2.05) is 0 Å². The molecular formula is C13H15F5N2. The van der Waals surface area contributed by atoms with Gasteiger partial charge in [0.15, 0.2) is 11.6 Å². The van der Waals surface area contributed by atoms with Crippen LogP contribution in [0.15, 0.2) is 18.2 Å². The van der Waals surface area contributed by atoms with Gasteiger partial charge < -0.3 is 5.73 Å². The van der Waals surface area contributed by atoms with Gasteiger partial charge in [0.25, 0.3) is 0 Å². The largest absolute Gasteiger partial charge is 0.401 e. The minimum absolute atomic E-state index is 0.0992. The number of rotatable bonds is 5. The zero-order valence-electron chi connectivity index (χ0n) is 10.6. The first-order chi connectivity index (χ1) is 9.28. The Morgan fingerprint density at radius 1 is 1.25 bits per heavy atom. The lowest BCUT2D eigenvalue weighted by atomic mass is 10.1. The Morgan fingerprint density at radius 2 is 1.90 bits per heavy atom. The van der Waals surface area contributed by atoms with Crippen LogP contribution in [-0.2, 0) is 0 Å². The normalized spacial score (nSPS) is 17.6. The first kappa shape index (κ1) is 15.2. The lowest BCUT2D eigenvalue weighted by Crippen LogP contribution is -2.40.